The number of carbonyl (C=O) groups excluding carboxylic acids is 2. The molecule has 1 aromatic carbocycles. The smallest absolute Gasteiger partial charge is 0.477 e. The van der Waals surface area contributed by atoms with Gasteiger partial charge in [0.2, 0.25) is 0 Å². The van der Waals surface area contributed by atoms with E-state index in [1.54, 1.807) is 18.2 Å². The highest BCUT2D eigenvalue weighted by Gasteiger charge is 2.43. The van der Waals surface area contributed by atoms with Crippen molar-refractivity contribution in [2.45, 2.75) is 44.9 Å². The highest BCUT2D eigenvalue weighted by atomic mass is 19.4. The van der Waals surface area contributed by atoms with Crippen molar-refractivity contribution in [2.75, 3.05) is 13.7 Å². The maximum atomic E-state index is 12.9. The maximum Gasteiger partial charge on any atom is 0.491 e. The third kappa shape index (κ3) is 5.26. The van der Waals surface area contributed by atoms with Gasteiger partial charge in [-0.3, -0.25) is 14.5 Å². The van der Waals surface area contributed by atoms with Gasteiger partial charge in [-0.1, -0.05) is 13.0 Å². The number of aromatic amines is 1. The third-order valence-electron chi connectivity index (χ3n) is 6.89. The van der Waals surface area contributed by atoms with Crippen LogP contribution >= 0.6 is 0 Å². The van der Waals surface area contributed by atoms with E-state index in [1.807, 2.05) is 22.6 Å². The highest BCUT2D eigenvalue weighted by molar-refractivity contribution is 5.94. The van der Waals surface area contributed by atoms with E-state index >= 15 is 0 Å². The lowest BCUT2D eigenvalue weighted by molar-refractivity contribution is -0.189. The number of nitrogens with one attached hydrogen (secondary N) is 1. The van der Waals surface area contributed by atoms with Gasteiger partial charge in [-0.25, -0.2) is 9.59 Å². The average molecular weight is 550 g/mol. The molecule has 0 aliphatic carbocycles. The van der Waals surface area contributed by atoms with Gasteiger partial charge in [-0.05, 0) is 49.6 Å². The van der Waals surface area contributed by atoms with Crippen LogP contribution < -0.4 is 10.3 Å². The first-order valence-corrected chi connectivity index (χ1v) is 12.1. The Bertz CT molecular complexity index is 1520. The van der Waals surface area contributed by atoms with Crippen LogP contribution in [0, 0.1) is 0 Å². The van der Waals surface area contributed by atoms with Gasteiger partial charge >= 0.3 is 24.1 Å². The van der Waals surface area contributed by atoms with E-state index in [0.29, 0.717) is 18.5 Å². The molecule has 1 aliphatic rings. The number of H-pyrrole nitrogens is 1. The molecule has 1 saturated heterocycles. The van der Waals surface area contributed by atoms with E-state index < -0.39 is 35.0 Å². The largest absolute Gasteiger partial charge is 0.491 e. The van der Waals surface area contributed by atoms with Crippen molar-refractivity contribution in [1.82, 2.24) is 14.5 Å². The number of hydrogen-bond acceptors (Lipinski definition) is 7. The maximum absolute atomic E-state index is 12.9. The Labute approximate surface area is 219 Å². The summed E-state index contributed by atoms with van der Waals surface area (Å²) < 4.78 is 50.1. The average Bonchev–Trinajstić information content (AvgIpc) is 3.46. The Hall–Kier alpha value is -4.13. The molecule has 4 rings (SSSR count). The molecule has 2 aromatic heterocycles. The summed E-state index contributed by atoms with van der Waals surface area (Å²) in [5.41, 5.74) is -0.257. The highest BCUT2D eigenvalue weighted by Crippen LogP contribution is 2.34. The van der Waals surface area contributed by atoms with Crippen LogP contribution in [0.15, 0.2) is 29.1 Å². The predicted octanol–water partition coefficient (Wildman–Crippen LogP) is 3.40. The fourth-order valence-electron chi connectivity index (χ4n) is 5.00. The minimum atomic E-state index is -5.40. The second-order valence-electron chi connectivity index (χ2n) is 9.18. The number of halogens is 3. The SMILES string of the molecule is CCc1c(-c2ccc3c(c2)cc(CN2CCC[C@H]2C(=O)OC)n3C)[nH]c(=O)c(C(=O)O)c1OC(=O)C(F)(F)F. The topological polar surface area (TPSA) is 131 Å². The van der Waals surface area contributed by atoms with E-state index in [0.717, 1.165) is 29.6 Å². The Morgan fingerprint density at radius 3 is 2.54 bits per heavy atom. The summed E-state index contributed by atoms with van der Waals surface area (Å²) in [5, 5.41) is 10.2. The zero-order chi connectivity index (χ0) is 28.6. The first-order valence-electron chi connectivity index (χ1n) is 12.1. The van der Waals surface area contributed by atoms with E-state index in [4.69, 9.17) is 4.74 Å². The summed E-state index contributed by atoms with van der Waals surface area (Å²) in [6.45, 7) is 2.73. The molecular formula is C26H26F3N3O7. The molecule has 2 N–H and O–H groups in total. The fourth-order valence-corrected chi connectivity index (χ4v) is 5.00. The second kappa shape index (κ2) is 10.6. The number of alkyl halides is 3. The van der Waals surface area contributed by atoms with E-state index in [2.05, 4.69) is 9.72 Å². The zero-order valence-corrected chi connectivity index (χ0v) is 21.3. The van der Waals surface area contributed by atoms with Crippen LogP contribution in [0.5, 0.6) is 5.75 Å². The van der Waals surface area contributed by atoms with Gasteiger partial charge in [0.1, 0.15) is 6.04 Å². The molecule has 3 heterocycles. The van der Waals surface area contributed by atoms with Crippen LogP contribution in [-0.2, 0) is 34.3 Å². The Balaban J connectivity index is 1.79. The molecule has 208 valence electrons. The molecule has 1 atom stereocenters. The molecule has 10 nitrogen and oxygen atoms in total. The molecule has 0 unspecified atom stereocenters. The number of carboxylic acids is 1. The van der Waals surface area contributed by atoms with Crippen molar-refractivity contribution in [3.8, 4) is 17.0 Å². The number of methoxy groups -OCH3 is 1. The molecule has 1 aliphatic heterocycles. The number of benzene rings is 1. The van der Waals surface area contributed by atoms with Gasteiger partial charge in [0.15, 0.2) is 11.3 Å². The van der Waals surface area contributed by atoms with Crippen molar-refractivity contribution < 1.29 is 42.1 Å². The third-order valence-corrected chi connectivity index (χ3v) is 6.89. The number of nitrogens with zero attached hydrogens (tertiary/aromatic N) is 2. The van der Waals surface area contributed by atoms with Gasteiger partial charge in [0, 0.05) is 35.8 Å². The number of hydrogen-bond donors (Lipinski definition) is 2. The second-order valence-corrected chi connectivity index (χ2v) is 9.18. The normalized spacial score (nSPS) is 16.0. The number of aromatic carboxylic acids is 1. The van der Waals surface area contributed by atoms with Crippen molar-refractivity contribution >= 4 is 28.8 Å². The number of likely N-dealkylation sites (tertiary alicyclic amines) is 1. The molecule has 39 heavy (non-hydrogen) atoms. The van der Waals surface area contributed by atoms with Crippen LogP contribution in [0.2, 0.25) is 0 Å². The summed E-state index contributed by atoms with van der Waals surface area (Å²) in [6.07, 6.45) is -3.89. The zero-order valence-electron chi connectivity index (χ0n) is 21.3. The van der Waals surface area contributed by atoms with Crippen molar-refractivity contribution in [1.29, 1.82) is 0 Å². The van der Waals surface area contributed by atoms with E-state index in [9.17, 15) is 37.5 Å². The number of aryl methyl sites for hydroxylation is 1. The molecule has 0 spiro atoms. The van der Waals surface area contributed by atoms with Crippen molar-refractivity contribution in [3.05, 3.63) is 51.4 Å². The van der Waals surface area contributed by atoms with Crippen molar-refractivity contribution in [3.63, 3.8) is 0 Å². The number of ether oxygens (including phenoxy) is 2. The molecule has 3 aromatic rings. The molecule has 0 radical (unpaired) electrons. The number of carboxylic acid groups (broad SMARTS) is 1. The van der Waals surface area contributed by atoms with Gasteiger partial charge in [0.05, 0.1) is 12.8 Å². The molecule has 0 amide bonds. The lowest BCUT2D eigenvalue weighted by atomic mass is 9.99. The Kier molecular flexibility index (Phi) is 7.55. The van der Waals surface area contributed by atoms with Gasteiger partial charge in [-0.15, -0.1) is 0 Å². The lowest BCUT2D eigenvalue weighted by Gasteiger charge is -2.22. The van der Waals surface area contributed by atoms with Gasteiger partial charge in [0.25, 0.3) is 5.56 Å². The van der Waals surface area contributed by atoms with E-state index in [-0.39, 0.29) is 29.7 Å². The Morgan fingerprint density at radius 2 is 1.92 bits per heavy atom. The quantitative estimate of drug-likeness (QED) is 0.429. The Morgan fingerprint density at radius 1 is 1.21 bits per heavy atom. The summed E-state index contributed by atoms with van der Waals surface area (Å²) >= 11 is 0. The first kappa shape index (κ1) is 27.9. The minimum Gasteiger partial charge on any atom is -0.477 e. The summed E-state index contributed by atoms with van der Waals surface area (Å²) in [4.78, 5) is 52.6. The van der Waals surface area contributed by atoms with Crippen LogP contribution in [0.3, 0.4) is 0 Å². The molecule has 0 bridgehead atoms. The van der Waals surface area contributed by atoms with Crippen LogP contribution in [0.1, 0.15) is 41.4 Å². The number of carbonyl (C=O) groups is 3. The lowest BCUT2D eigenvalue weighted by Crippen LogP contribution is -2.36. The summed E-state index contributed by atoms with van der Waals surface area (Å²) in [5.74, 6) is -5.70. The fraction of sp³-hybridized carbons (Fsp3) is 0.385. The molecule has 0 saturated carbocycles. The molecule has 1 fully saturated rings. The number of pyridine rings is 1. The van der Waals surface area contributed by atoms with Crippen LogP contribution in [-0.4, -0.2) is 63.3 Å². The molecule has 13 heteroatoms. The number of esters is 2. The first-order chi connectivity index (χ1) is 18.4. The van der Waals surface area contributed by atoms with Gasteiger partial charge < -0.3 is 24.1 Å². The standard InChI is InChI=1S/C26H26F3N3O7/c1-4-16-20(30-22(33)19(23(34)35)21(16)39-25(37)26(27,28)29)13-7-8-17-14(10-13)11-15(31(17)2)12-32-9-5-6-18(32)24(36)38-3/h7-8,10-11,18H,4-6,9,12H2,1-3H3,(H,30,33)(H,34,35)/t18-/m0/s1. The summed E-state index contributed by atoms with van der Waals surface area (Å²) in [7, 11) is 3.21. The number of aromatic nitrogens is 2. The predicted molar refractivity (Wildman–Crippen MR) is 132 cm³/mol. The number of fused-ring (bicyclic) bond motifs is 1. The molecular weight excluding hydrogens is 523 g/mol. The van der Waals surface area contributed by atoms with Crippen molar-refractivity contribution in [2.24, 2.45) is 7.05 Å². The van der Waals surface area contributed by atoms with Gasteiger partial charge in [-0.2, -0.15) is 13.2 Å². The summed E-state index contributed by atoms with van der Waals surface area (Å²) in [6, 6.07) is 6.62. The van der Waals surface area contributed by atoms with Crippen LogP contribution in [0.25, 0.3) is 22.2 Å². The van der Waals surface area contributed by atoms with Crippen LogP contribution in [0.4, 0.5) is 13.2 Å². The number of rotatable bonds is 7. The minimum absolute atomic E-state index is 0.0371. The monoisotopic (exact) mass is 549 g/mol. The van der Waals surface area contributed by atoms with E-state index in [1.165, 1.54) is 14.0 Å².